The predicted molar refractivity (Wildman–Crippen MR) is 99.7 cm³/mol. The number of unbranched alkanes of at least 4 members (excludes halogenated alkanes) is 2. The minimum atomic E-state index is -0.909. The second kappa shape index (κ2) is 10.0. The van der Waals surface area contributed by atoms with Crippen LogP contribution in [0.15, 0.2) is 18.2 Å². The van der Waals surface area contributed by atoms with Gasteiger partial charge in [-0.25, -0.2) is 0 Å². The van der Waals surface area contributed by atoms with Crippen molar-refractivity contribution in [3.63, 3.8) is 0 Å². The quantitative estimate of drug-likeness (QED) is 0.625. The molecule has 25 heavy (non-hydrogen) atoms. The van der Waals surface area contributed by atoms with E-state index < -0.39 is 5.60 Å². The molecule has 0 unspecified atom stereocenters. The first-order chi connectivity index (χ1) is 11.9. The van der Waals surface area contributed by atoms with Gasteiger partial charge in [0.2, 0.25) is 0 Å². The number of benzene rings is 1. The van der Waals surface area contributed by atoms with Gasteiger partial charge in [0.25, 0.3) is 5.91 Å². The molecule has 1 N–H and O–H groups in total. The van der Waals surface area contributed by atoms with Gasteiger partial charge in [-0.3, -0.25) is 4.79 Å². The van der Waals surface area contributed by atoms with Crippen molar-refractivity contribution in [1.82, 2.24) is 0 Å². The number of anilines is 1. The van der Waals surface area contributed by atoms with Gasteiger partial charge in [-0.15, -0.1) is 0 Å². The molecular weight excluding hydrogens is 316 g/mol. The molecule has 1 aromatic carbocycles. The van der Waals surface area contributed by atoms with Crippen molar-refractivity contribution in [1.29, 1.82) is 5.26 Å². The zero-order valence-corrected chi connectivity index (χ0v) is 16.0. The Kier molecular flexibility index (Phi) is 8.44. The van der Waals surface area contributed by atoms with Crippen LogP contribution in [0.5, 0.6) is 5.75 Å². The smallest absolute Gasteiger partial charge is 0.256 e. The number of ether oxygens (including phenoxy) is 2. The Morgan fingerprint density at radius 3 is 2.64 bits per heavy atom. The van der Waals surface area contributed by atoms with E-state index in [9.17, 15) is 10.1 Å². The molecule has 0 aliphatic heterocycles. The third-order valence-corrected chi connectivity index (χ3v) is 4.46. The maximum absolute atomic E-state index is 12.7. The highest BCUT2D eigenvalue weighted by Gasteiger charge is 2.32. The Hall–Kier alpha value is -2.06. The zero-order valence-electron chi connectivity index (χ0n) is 16.0. The third-order valence-electron chi connectivity index (χ3n) is 4.46. The van der Waals surface area contributed by atoms with Crippen molar-refractivity contribution in [3.05, 3.63) is 23.8 Å². The van der Waals surface area contributed by atoms with Crippen LogP contribution in [0.25, 0.3) is 0 Å². The summed E-state index contributed by atoms with van der Waals surface area (Å²) in [5.41, 5.74) is -0.0581. The summed E-state index contributed by atoms with van der Waals surface area (Å²) in [6.07, 6.45) is 4.64. The van der Waals surface area contributed by atoms with Crippen molar-refractivity contribution in [3.8, 4) is 11.8 Å². The van der Waals surface area contributed by atoms with Gasteiger partial charge in [0.15, 0.2) is 0 Å². The molecule has 2 atom stereocenters. The molecule has 0 fully saturated rings. The van der Waals surface area contributed by atoms with E-state index in [1.165, 1.54) is 0 Å². The average molecular weight is 346 g/mol. The highest BCUT2D eigenvalue weighted by Crippen LogP contribution is 2.26. The molecule has 5 nitrogen and oxygen atoms in total. The van der Waals surface area contributed by atoms with Crippen LogP contribution in [-0.2, 0) is 9.53 Å². The number of hydrogen-bond donors (Lipinski definition) is 1. The third kappa shape index (κ3) is 6.06. The van der Waals surface area contributed by atoms with E-state index in [0.29, 0.717) is 23.4 Å². The van der Waals surface area contributed by atoms with Gasteiger partial charge < -0.3 is 14.8 Å². The van der Waals surface area contributed by atoms with Gasteiger partial charge in [0.1, 0.15) is 17.4 Å². The number of methoxy groups -OCH3 is 1. The molecule has 0 saturated carbocycles. The number of nitrogens with one attached hydrogen (secondary N) is 1. The molecule has 0 bridgehead atoms. The monoisotopic (exact) mass is 346 g/mol. The Morgan fingerprint density at radius 2 is 2.08 bits per heavy atom. The number of carbonyl (C=O) groups excluding carboxylic acids is 1. The number of amides is 1. The molecule has 138 valence electrons. The normalized spacial score (nSPS) is 14.2. The van der Waals surface area contributed by atoms with Gasteiger partial charge in [0.05, 0.1) is 17.4 Å². The average Bonchev–Trinajstić information content (AvgIpc) is 2.62. The lowest BCUT2D eigenvalue weighted by molar-refractivity contribution is -0.136. The summed E-state index contributed by atoms with van der Waals surface area (Å²) < 4.78 is 11.2. The summed E-state index contributed by atoms with van der Waals surface area (Å²) in [4.78, 5) is 12.7. The zero-order chi connectivity index (χ0) is 18.9. The van der Waals surface area contributed by atoms with Crippen LogP contribution < -0.4 is 10.1 Å². The lowest BCUT2D eigenvalue weighted by Crippen LogP contribution is -2.42. The number of carbonyl (C=O) groups is 1. The van der Waals surface area contributed by atoms with Crippen molar-refractivity contribution in [2.75, 3.05) is 12.4 Å². The van der Waals surface area contributed by atoms with Gasteiger partial charge >= 0.3 is 0 Å². The first-order valence-electron chi connectivity index (χ1n) is 8.97. The van der Waals surface area contributed by atoms with Gasteiger partial charge in [-0.1, -0.05) is 33.1 Å². The van der Waals surface area contributed by atoms with E-state index in [1.807, 2.05) is 13.8 Å². The molecule has 1 aromatic rings. The molecule has 0 spiro atoms. The second-order valence-corrected chi connectivity index (χ2v) is 6.50. The van der Waals surface area contributed by atoms with Crippen LogP contribution in [0.1, 0.15) is 65.4 Å². The minimum Gasteiger partial charge on any atom is -0.491 e. The summed E-state index contributed by atoms with van der Waals surface area (Å²) >= 11 is 0. The Balaban J connectivity index is 2.90. The van der Waals surface area contributed by atoms with Gasteiger partial charge in [-0.2, -0.15) is 5.26 Å². The fourth-order valence-electron chi connectivity index (χ4n) is 2.39. The van der Waals surface area contributed by atoms with E-state index >= 15 is 0 Å². The standard InChI is InChI=1S/C20H30N2O3/c1-6-8-9-12-20(4,24-5)19(23)22-18-11-10-17(13-16(18)14-21)25-15(3)7-2/h10-11,13,15H,6-9,12H2,1-5H3,(H,22,23)/t15-,20-/m1/s1. The van der Waals surface area contributed by atoms with Gasteiger partial charge in [-0.05, 0) is 38.8 Å². The molecular formula is C20H30N2O3. The summed E-state index contributed by atoms with van der Waals surface area (Å²) in [5, 5.41) is 12.2. The lowest BCUT2D eigenvalue weighted by Gasteiger charge is -2.27. The largest absolute Gasteiger partial charge is 0.491 e. The van der Waals surface area contributed by atoms with E-state index in [-0.39, 0.29) is 12.0 Å². The van der Waals surface area contributed by atoms with Crippen LogP contribution in [0, 0.1) is 11.3 Å². The molecule has 0 aliphatic carbocycles. The van der Waals surface area contributed by atoms with E-state index in [2.05, 4.69) is 18.3 Å². The highest BCUT2D eigenvalue weighted by atomic mass is 16.5. The fourth-order valence-corrected chi connectivity index (χ4v) is 2.39. The minimum absolute atomic E-state index is 0.0716. The SMILES string of the molecule is CCCCC[C@@](C)(OC)C(=O)Nc1ccc(O[C@H](C)CC)cc1C#N. The predicted octanol–water partition coefficient (Wildman–Crippen LogP) is 4.66. The van der Waals surface area contributed by atoms with Crippen LogP contribution in [-0.4, -0.2) is 24.7 Å². The number of nitriles is 1. The number of rotatable bonds is 10. The molecule has 0 radical (unpaired) electrons. The summed E-state index contributed by atoms with van der Waals surface area (Å²) in [5.74, 6) is 0.388. The summed E-state index contributed by atoms with van der Waals surface area (Å²) in [6.45, 7) is 7.91. The number of hydrogen-bond acceptors (Lipinski definition) is 4. The van der Waals surface area contributed by atoms with Crippen molar-refractivity contribution >= 4 is 11.6 Å². The van der Waals surface area contributed by atoms with Crippen molar-refractivity contribution in [2.24, 2.45) is 0 Å². The van der Waals surface area contributed by atoms with Crippen LogP contribution in [0.2, 0.25) is 0 Å². The fraction of sp³-hybridized carbons (Fsp3) is 0.600. The first-order valence-corrected chi connectivity index (χ1v) is 8.97. The topological polar surface area (TPSA) is 71.3 Å². The highest BCUT2D eigenvalue weighted by molar-refractivity contribution is 5.98. The van der Waals surface area contributed by atoms with E-state index in [4.69, 9.17) is 9.47 Å². The summed E-state index contributed by atoms with van der Waals surface area (Å²) in [7, 11) is 1.54. The van der Waals surface area contributed by atoms with Crippen LogP contribution in [0.3, 0.4) is 0 Å². The summed E-state index contributed by atoms with van der Waals surface area (Å²) in [6, 6.07) is 7.25. The van der Waals surface area contributed by atoms with Crippen LogP contribution >= 0.6 is 0 Å². The maximum Gasteiger partial charge on any atom is 0.256 e. The number of nitrogens with zero attached hydrogens (tertiary/aromatic N) is 1. The lowest BCUT2D eigenvalue weighted by atomic mass is 9.96. The van der Waals surface area contributed by atoms with Crippen molar-refractivity contribution < 1.29 is 14.3 Å². The Morgan fingerprint density at radius 1 is 1.36 bits per heavy atom. The molecule has 1 amide bonds. The second-order valence-electron chi connectivity index (χ2n) is 6.50. The Bertz CT molecular complexity index is 609. The van der Waals surface area contributed by atoms with E-state index in [1.54, 1.807) is 32.2 Å². The van der Waals surface area contributed by atoms with E-state index in [0.717, 1.165) is 25.7 Å². The maximum atomic E-state index is 12.7. The molecule has 5 heteroatoms. The first kappa shape index (κ1) is 21.0. The molecule has 0 heterocycles. The Labute approximate surface area is 151 Å². The van der Waals surface area contributed by atoms with Crippen molar-refractivity contribution in [2.45, 2.75) is 71.5 Å². The van der Waals surface area contributed by atoms with Crippen LogP contribution in [0.4, 0.5) is 5.69 Å². The molecule has 0 aliphatic rings. The molecule has 0 aromatic heterocycles. The molecule has 1 rings (SSSR count). The molecule has 0 saturated heterocycles. The van der Waals surface area contributed by atoms with Gasteiger partial charge in [0, 0.05) is 13.2 Å².